The number of aromatic nitrogens is 1. The minimum Gasteiger partial charge on any atom is -0.330 e. The lowest BCUT2D eigenvalue weighted by molar-refractivity contribution is 0.320. The molecule has 0 aliphatic carbocycles. The highest BCUT2D eigenvalue weighted by atomic mass is 32.1. The fraction of sp³-hybridized carbons (Fsp3) is 0.667. The molecule has 0 saturated heterocycles. The second kappa shape index (κ2) is 4.69. The fourth-order valence-corrected chi connectivity index (χ4v) is 2.00. The molecule has 4 heteroatoms. The van der Waals surface area contributed by atoms with E-state index in [9.17, 15) is 0 Å². The number of rotatable bonds is 4. The van der Waals surface area contributed by atoms with Crippen LogP contribution in [0.3, 0.4) is 0 Å². The first kappa shape index (κ1) is 10.6. The van der Waals surface area contributed by atoms with Crippen molar-refractivity contribution in [3.8, 4) is 0 Å². The monoisotopic (exact) mass is 199 g/mol. The molecule has 1 aromatic rings. The average Bonchev–Trinajstić information content (AvgIpc) is 2.52. The van der Waals surface area contributed by atoms with Crippen LogP contribution in [0.5, 0.6) is 0 Å². The summed E-state index contributed by atoms with van der Waals surface area (Å²) in [4.78, 5) is 6.68. The Morgan fingerprint density at radius 2 is 2.31 bits per heavy atom. The lowest BCUT2D eigenvalue weighted by Gasteiger charge is -2.16. The van der Waals surface area contributed by atoms with Gasteiger partial charge in [-0.05, 0) is 27.6 Å². The van der Waals surface area contributed by atoms with E-state index >= 15 is 0 Å². The summed E-state index contributed by atoms with van der Waals surface area (Å²) in [7, 11) is 4.13. The molecular weight excluding hydrogens is 182 g/mol. The predicted molar refractivity (Wildman–Crippen MR) is 57.0 cm³/mol. The van der Waals surface area contributed by atoms with Crippen LogP contribution >= 0.6 is 11.3 Å². The van der Waals surface area contributed by atoms with Crippen molar-refractivity contribution >= 4 is 11.3 Å². The predicted octanol–water partition coefficient (Wildman–Crippen LogP) is 1.27. The van der Waals surface area contributed by atoms with Crippen LogP contribution in [0.25, 0.3) is 0 Å². The van der Waals surface area contributed by atoms with Crippen LogP contribution in [-0.4, -0.2) is 30.5 Å². The van der Waals surface area contributed by atoms with Crippen LogP contribution in [0, 0.1) is 0 Å². The van der Waals surface area contributed by atoms with Crippen LogP contribution < -0.4 is 5.73 Å². The average molecular weight is 199 g/mol. The lowest BCUT2D eigenvalue weighted by Crippen LogP contribution is -2.16. The molecule has 2 N–H and O–H groups in total. The molecule has 1 heterocycles. The van der Waals surface area contributed by atoms with Crippen molar-refractivity contribution in [2.75, 3.05) is 20.6 Å². The molecule has 0 radical (unpaired) electrons. The number of nitrogens with zero attached hydrogens (tertiary/aromatic N) is 2. The summed E-state index contributed by atoms with van der Waals surface area (Å²) >= 11 is 1.72. The van der Waals surface area contributed by atoms with Gasteiger partial charge in [-0.2, -0.15) is 0 Å². The van der Waals surface area contributed by atoms with Crippen LogP contribution in [0.4, 0.5) is 0 Å². The maximum absolute atomic E-state index is 5.46. The second-order valence-electron chi connectivity index (χ2n) is 3.36. The third kappa shape index (κ3) is 2.76. The van der Waals surface area contributed by atoms with Gasteiger partial charge in [0.05, 0.1) is 11.7 Å². The zero-order valence-electron chi connectivity index (χ0n) is 8.45. The molecule has 0 bridgehead atoms. The van der Waals surface area contributed by atoms with E-state index in [-0.39, 0.29) is 0 Å². The van der Waals surface area contributed by atoms with Crippen LogP contribution in [-0.2, 0) is 6.42 Å². The second-order valence-corrected chi connectivity index (χ2v) is 4.25. The molecule has 0 amide bonds. The molecule has 1 rings (SSSR count). The summed E-state index contributed by atoms with van der Waals surface area (Å²) < 4.78 is 0. The Bertz CT molecular complexity index is 257. The number of hydrogen-bond acceptors (Lipinski definition) is 4. The molecule has 0 fully saturated rings. The van der Waals surface area contributed by atoms with Crippen LogP contribution in [0.15, 0.2) is 5.38 Å². The molecule has 0 aliphatic rings. The summed E-state index contributed by atoms with van der Waals surface area (Å²) in [6, 6.07) is 0.400. The smallest absolute Gasteiger partial charge is 0.110 e. The molecule has 74 valence electrons. The maximum Gasteiger partial charge on any atom is 0.110 e. The molecule has 0 spiro atoms. The third-order valence-electron chi connectivity index (χ3n) is 2.10. The largest absolute Gasteiger partial charge is 0.330 e. The van der Waals surface area contributed by atoms with Crippen molar-refractivity contribution in [3.05, 3.63) is 16.1 Å². The Morgan fingerprint density at radius 3 is 2.85 bits per heavy atom. The molecule has 0 aromatic carbocycles. The van der Waals surface area contributed by atoms with E-state index < -0.39 is 0 Å². The first-order valence-corrected chi connectivity index (χ1v) is 5.34. The van der Waals surface area contributed by atoms with Gasteiger partial charge < -0.3 is 10.6 Å². The minimum absolute atomic E-state index is 0.400. The SMILES string of the molecule is CC(c1nc(CCN)cs1)N(C)C. The Balaban J connectivity index is 2.67. The first-order valence-electron chi connectivity index (χ1n) is 4.46. The zero-order chi connectivity index (χ0) is 9.84. The van der Waals surface area contributed by atoms with E-state index in [2.05, 4.69) is 36.3 Å². The van der Waals surface area contributed by atoms with Gasteiger partial charge in [-0.1, -0.05) is 0 Å². The fourth-order valence-electron chi connectivity index (χ4n) is 0.998. The Labute approximate surface area is 83.6 Å². The van der Waals surface area contributed by atoms with Gasteiger partial charge in [0.15, 0.2) is 0 Å². The van der Waals surface area contributed by atoms with E-state index in [4.69, 9.17) is 5.73 Å². The topological polar surface area (TPSA) is 42.1 Å². The van der Waals surface area contributed by atoms with E-state index in [1.165, 1.54) is 5.01 Å². The van der Waals surface area contributed by atoms with Gasteiger partial charge in [-0.3, -0.25) is 0 Å². The molecule has 13 heavy (non-hydrogen) atoms. The van der Waals surface area contributed by atoms with Crippen molar-refractivity contribution < 1.29 is 0 Å². The van der Waals surface area contributed by atoms with E-state index in [0.717, 1.165) is 12.1 Å². The molecular formula is C9H17N3S. The molecule has 1 aromatic heterocycles. The molecule has 0 aliphatic heterocycles. The van der Waals surface area contributed by atoms with Gasteiger partial charge in [0.25, 0.3) is 0 Å². The van der Waals surface area contributed by atoms with E-state index in [1.807, 2.05) is 0 Å². The normalized spacial score (nSPS) is 13.6. The quantitative estimate of drug-likeness (QED) is 0.794. The van der Waals surface area contributed by atoms with Crippen molar-refractivity contribution in [2.45, 2.75) is 19.4 Å². The first-order chi connectivity index (χ1) is 6.15. The highest BCUT2D eigenvalue weighted by molar-refractivity contribution is 7.09. The summed E-state index contributed by atoms with van der Waals surface area (Å²) in [5.41, 5.74) is 6.58. The molecule has 0 saturated carbocycles. The Kier molecular flexibility index (Phi) is 3.84. The highest BCUT2D eigenvalue weighted by Crippen LogP contribution is 2.21. The lowest BCUT2D eigenvalue weighted by atomic mass is 10.3. The molecule has 1 atom stereocenters. The van der Waals surface area contributed by atoms with Crippen LogP contribution in [0.1, 0.15) is 23.7 Å². The standard InChI is InChI=1S/C9H17N3S/c1-7(12(2)3)9-11-8(4-5-10)6-13-9/h6-7H,4-5,10H2,1-3H3. The Morgan fingerprint density at radius 1 is 1.62 bits per heavy atom. The van der Waals surface area contributed by atoms with Gasteiger partial charge in [0.2, 0.25) is 0 Å². The van der Waals surface area contributed by atoms with Crippen LogP contribution in [0.2, 0.25) is 0 Å². The van der Waals surface area contributed by atoms with Gasteiger partial charge in [0, 0.05) is 11.8 Å². The molecule has 3 nitrogen and oxygen atoms in total. The van der Waals surface area contributed by atoms with Crippen molar-refractivity contribution in [3.63, 3.8) is 0 Å². The maximum atomic E-state index is 5.46. The highest BCUT2D eigenvalue weighted by Gasteiger charge is 2.11. The number of hydrogen-bond donors (Lipinski definition) is 1. The van der Waals surface area contributed by atoms with Gasteiger partial charge in [0.1, 0.15) is 5.01 Å². The number of thiazole rings is 1. The minimum atomic E-state index is 0.400. The van der Waals surface area contributed by atoms with Gasteiger partial charge in [-0.15, -0.1) is 11.3 Å². The Hall–Kier alpha value is -0.450. The molecule has 1 unspecified atom stereocenters. The summed E-state index contributed by atoms with van der Waals surface area (Å²) in [6.07, 6.45) is 0.886. The van der Waals surface area contributed by atoms with E-state index in [1.54, 1.807) is 11.3 Å². The third-order valence-corrected chi connectivity index (χ3v) is 3.17. The van der Waals surface area contributed by atoms with Gasteiger partial charge in [-0.25, -0.2) is 4.98 Å². The van der Waals surface area contributed by atoms with Crippen molar-refractivity contribution in [1.82, 2.24) is 9.88 Å². The van der Waals surface area contributed by atoms with Gasteiger partial charge >= 0.3 is 0 Å². The van der Waals surface area contributed by atoms with E-state index in [0.29, 0.717) is 12.6 Å². The summed E-state index contributed by atoms with van der Waals surface area (Å²) in [6.45, 7) is 2.84. The zero-order valence-corrected chi connectivity index (χ0v) is 9.27. The van der Waals surface area contributed by atoms with Crippen molar-refractivity contribution in [2.24, 2.45) is 5.73 Å². The summed E-state index contributed by atoms with van der Waals surface area (Å²) in [5.74, 6) is 0. The number of nitrogens with two attached hydrogens (primary N) is 1. The van der Waals surface area contributed by atoms with Crippen molar-refractivity contribution in [1.29, 1.82) is 0 Å². The summed E-state index contributed by atoms with van der Waals surface area (Å²) in [5, 5.41) is 3.27.